The van der Waals surface area contributed by atoms with Crippen molar-refractivity contribution in [1.29, 1.82) is 0 Å². The second kappa shape index (κ2) is 27.6. The van der Waals surface area contributed by atoms with Gasteiger partial charge in [-0.1, -0.05) is 36.4 Å². The predicted octanol–water partition coefficient (Wildman–Crippen LogP) is 2.83. The van der Waals surface area contributed by atoms with Gasteiger partial charge in [0.05, 0.1) is 117 Å². The first kappa shape index (κ1) is 37.2. The average molecular weight is 623 g/mol. The van der Waals surface area contributed by atoms with E-state index in [0.29, 0.717) is 117 Å². The lowest BCUT2D eigenvalue weighted by molar-refractivity contribution is -0.0254. The van der Waals surface area contributed by atoms with Crippen molar-refractivity contribution in [1.82, 2.24) is 0 Å². The summed E-state index contributed by atoms with van der Waals surface area (Å²) in [5, 5.41) is 0. The minimum Gasteiger partial charge on any atom is -0.460 e. The second-order valence-electron chi connectivity index (χ2n) is 8.90. The van der Waals surface area contributed by atoms with E-state index in [-0.39, 0.29) is 25.2 Å². The Morgan fingerprint density at radius 1 is 0.318 bits per heavy atom. The molecule has 0 fully saturated rings. The monoisotopic (exact) mass is 622 g/mol. The van der Waals surface area contributed by atoms with Crippen LogP contribution in [0.2, 0.25) is 0 Å². The van der Waals surface area contributed by atoms with Crippen molar-refractivity contribution in [3.8, 4) is 0 Å². The number of hydrogen-bond donors (Lipinski definition) is 0. The zero-order chi connectivity index (χ0) is 31.2. The normalized spacial score (nSPS) is 11.0. The van der Waals surface area contributed by atoms with Crippen LogP contribution in [0, 0.1) is 0 Å². The highest BCUT2D eigenvalue weighted by molar-refractivity contribution is 5.89. The summed E-state index contributed by atoms with van der Waals surface area (Å²) < 4.78 is 53.7. The highest BCUT2D eigenvalue weighted by Crippen LogP contribution is 2.01. The molecule has 246 valence electrons. The summed E-state index contributed by atoms with van der Waals surface area (Å²) in [6.07, 6.45) is 0. The first-order chi connectivity index (χ1) is 21.8. The van der Waals surface area contributed by atoms with E-state index < -0.39 is 0 Å². The molecule has 12 heteroatoms. The summed E-state index contributed by atoms with van der Waals surface area (Å²) in [5.41, 5.74) is 1.04. The number of carbonyl (C=O) groups is 2. The predicted molar refractivity (Wildman–Crippen MR) is 160 cm³/mol. The van der Waals surface area contributed by atoms with Gasteiger partial charge < -0.3 is 47.4 Å². The van der Waals surface area contributed by atoms with Gasteiger partial charge in [0.15, 0.2) is 0 Å². The van der Waals surface area contributed by atoms with Gasteiger partial charge in [-0.05, 0) is 24.3 Å². The molecular weight excluding hydrogens is 576 g/mol. The largest absolute Gasteiger partial charge is 0.460 e. The maximum Gasteiger partial charge on any atom is 0.338 e. The number of rotatable bonds is 29. The molecule has 0 aromatic heterocycles. The molecule has 0 aliphatic carbocycles. The van der Waals surface area contributed by atoms with Crippen LogP contribution >= 0.6 is 0 Å². The number of esters is 2. The van der Waals surface area contributed by atoms with Crippen molar-refractivity contribution in [2.45, 2.75) is 0 Å². The molecule has 0 N–H and O–H groups in total. The summed E-state index contributed by atoms with van der Waals surface area (Å²) in [7, 11) is 0. The molecule has 2 aromatic carbocycles. The molecule has 0 saturated heterocycles. The van der Waals surface area contributed by atoms with Gasteiger partial charge in [-0.3, -0.25) is 0 Å². The lowest BCUT2D eigenvalue weighted by Crippen LogP contribution is -2.15. The van der Waals surface area contributed by atoms with Gasteiger partial charge in [0.25, 0.3) is 0 Å². The van der Waals surface area contributed by atoms with E-state index in [9.17, 15) is 9.59 Å². The molecule has 44 heavy (non-hydrogen) atoms. The summed E-state index contributed by atoms with van der Waals surface area (Å²) in [5.74, 6) is -0.720. The van der Waals surface area contributed by atoms with Crippen molar-refractivity contribution in [3.05, 3.63) is 71.8 Å². The molecule has 12 nitrogen and oxygen atoms in total. The maximum atomic E-state index is 11.8. The molecule has 0 aliphatic heterocycles. The van der Waals surface area contributed by atoms with E-state index >= 15 is 0 Å². The van der Waals surface area contributed by atoms with Gasteiger partial charge in [-0.25, -0.2) is 9.59 Å². The molecule has 0 atom stereocenters. The molecule has 0 saturated carbocycles. The average Bonchev–Trinajstić information content (AvgIpc) is 3.06. The van der Waals surface area contributed by atoms with E-state index in [1.165, 1.54) is 0 Å². The fraction of sp³-hybridized carbons (Fsp3) is 0.562. The van der Waals surface area contributed by atoms with Gasteiger partial charge in [0.1, 0.15) is 13.2 Å². The van der Waals surface area contributed by atoms with Gasteiger partial charge in [0.2, 0.25) is 0 Å². The van der Waals surface area contributed by atoms with E-state index in [1.54, 1.807) is 48.5 Å². The van der Waals surface area contributed by atoms with Crippen molar-refractivity contribution in [2.75, 3.05) is 119 Å². The standard InChI is InChI=1S/C32H46O12/c33-31(29-7-3-1-4-8-29)43-27-25-41-23-21-39-19-17-37-15-13-35-11-12-36-14-16-38-18-20-40-22-24-42-26-28-44-32(34)30-9-5-2-6-10-30/h1-10H,11-28H2. The number of benzene rings is 2. The molecule has 2 rings (SSSR count). The summed E-state index contributed by atoms with van der Waals surface area (Å²) in [4.78, 5) is 23.5. The van der Waals surface area contributed by atoms with Crippen molar-refractivity contribution in [3.63, 3.8) is 0 Å². The number of ether oxygens (including phenoxy) is 10. The fourth-order valence-corrected chi connectivity index (χ4v) is 3.34. The zero-order valence-electron chi connectivity index (χ0n) is 25.4. The van der Waals surface area contributed by atoms with Gasteiger partial charge in [0, 0.05) is 0 Å². The Bertz CT molecular complexity index is 867. The Hall–Kier alpha value is -2.94. The Morgan fingerprint density at radius 2 is 0.523 bits per heavy atom. The Labute approximate surface area is 259 Å². The van der Waals surface area contributed by atoms with E-state index in [0.717, 1.165) is 0 Å². The van der Waals surface area contributed by atoms with Crippen LogP contribution in [-0.2, 0) is 47.4 Å². The molecule has 0 heterocycles. The third kappa shape index (κ3) is 20.9. The van der Waals surface area contributed by atoms with Crippen LogP contribution in [0.5, 0.6) is 0 Å². The smallest absolute Gasteiger partial charge is 0.338 e. The molecular formula is C32H46O12. The second-order valence-corrected chi connectivity index (χ2v) is 8.90. The Balaban J connectivity index is 1.18. The molecule has 0 radical (unpaired) electrons. The minimum absolute atomic E-state index is 0.198. The first-order valence-corrected chi connectivity index (χ1v) is 14.8. The van der Waals surface area contributed by atoms with Crippen LogP contribution in [-0.4, -0.2) is 131 Å². The summed E-state index contributed by atoms with van der Waals surface area (Å²) in [6, 6.07) is 17.7. The highest BCUT2D eigenvalue weighted by atomic mass is 16.6. The van der Waals surface area contributed by atoms with E-state index in [2.05, 4.69) is 0 Å². The van der Waals surface area contributed by atoms with Crippen LogP contribution in [0.3, 0.4) is 0 Å². The van der Waals surface area contributed by atoms with Crippen molar-refractivity contribution >= 4 is 11.9 Å². The lowest BCUT2D eigenvalue weighted by Gasteiger charge is -2.09. The SMILES string of the molecule is O=C(OCCOCCOCCOCCOCCOCCOCCOCCOCCOC(=O)c1ccccc1)c1ccccc1. The van der Waals surface area contributed by atoms with Crippen LogP contribution in [0.25, 0.3) is 0 Å². The summed E-state index contributed by atoms with van der Waals surface area (Å²) >= 11 is 0. The van der Waals surface area contributed by atoms with Crippen LogP contribution in [0.4, 0.5) is 0 Å². The number of carbonyl (C=O) groups excluding carboxylic acids is 2. The fourth-order valence-electron chi connectivity index (χ4n) is 3.34. The first-order valence-electron chi connectivity index (χ1n) is 14.8. The van der Waals surface area contributed by atoms with Crippen LogP contribution in [0.1, 0.15) is 20.7 Å². The highest BCUT2D eigenvalue weighted by Gasteiger charge is 2.06. The third-order valence-electron chi connectivity index (χ3n) is 5.54. The van der Waals surface area contributed by atoms with Crippen molar-refractivity contribution in [2.24, 2.45) is 0 Å². The third-order valence-corrected chi connectivity index (χ3v) is 5.54. The van der Waals surface area contributed by atoms with E-state index in [1.807, 2.05) is 12.1 Å². The van der Waals surface area contributed by atoms with Crippen molar-refractivity contribution < 1.29 is 57.0 Å². The van der Waals surface area contributed by atoms with Crippen LogP contribution < -0.4 is 0 Å². The molecule has 0 spiro atoms. The van der Waals surface area contributed by atoms with E-state index in [4.69, 9.17) is 47.4 Å². The minimum atomic E-state index is -0.360. The molecule has 0 bridgehead atoms. The molecule has 2 aromatic rings. The Morgan fingerprint density at radius 3 is 0.750 bits per heavy atom. The number of hydrogen-bond acceptors (Lipinski definition) is 12. The van der Waals surface area contributed by atoms with Crippen LogP contribution in [0.15, 0.2) is 60.7 Å². The quantitative estimate of drug-likeness (QED) is 0.0978. The van der Waals surface area contributed by atoms with Gasteiger partial charge in [-0.15, -0.1) is 0 Å². The lowest BCUT2D eigenvalue weighted by atomic mass is 10.2. The molecule has 0 unspecified atom stereocenters. The zero-order valence-corrected chi connectivity index (χ0v) is 25.4. The topological polar surface area (TPSA) is 126 Å². The maximum absolute atomic E-state index is 11.8. The Kier molecular flexibility index (Phi) is 23.4. The summed E-state index contributed by atoms with van der Waals surface area (Å²) in [6.45, 7) is 7.45. The molecule has 0 amide bonds. The molecule has 0 aliphatic rings. The van der Waals surface area contributed by atoms with Gasteiger partial charge >= 0.3 is 11.9 Å². The van der Waals surface area contributed by atoms with Gasteiger partial charge in [-0.2, -0.15) is 0 Å².